The number of hydrogen-bond donors (Lipinski definition) is 4. The summed E-state index contributed by atoms with van der Waals surface area (Å²) in [5.74, 6) is -0.0918. The number of aliphatic imine (C=N–C) groups is 5. The lowest BCUT2D eigenvalue weighted by Crippen LogP contribution is -2.48. The summed E-state index contributed by atoms with van der Waals surface area (Å²) < 4.78 is 5.14. The second-order valence-corrected chi connectivity index (χ2v) is 34.5. The van der Waals surface area contributed by atoms with Crippen LogP contribution in [-0.4, -0.2) is 332 Å². The van der Waals surface area contributed by atoms with Crippen LogP contribution in [0.25, 0.3) is 41.5 Å². The van der Waals surface area contributed by atoms with Crippen LogP contribution in [-0.2, 0) is 24.0 Å². The van der Waals surface area contributed by atoms with Gasteiger partial charge in [-0.1, -0.05) is 139 Å². The van der Waals surface area contributed by atoms with E-state index in [2.05, 4.69) is 115 Å². The van der Waals surface area contributed by atoms with Gasteiger partial charge >= 0.3 is 0 Å². The molecule has 5 amide bonds. The molecule has 1 aromatic heterocycles. The second kappa shape index (κ2) is 46.6. The number of thioether (sulfide) groups is 5. The highest BCUT2D eigenvalue weighted by atomic mass is 35.5. The molecule has 27 nitrogen and oxygen atoms in total. The number of β-amino-alcohol motifs (C(OH)–C–C–N with tert-alkyl or cyclic N) is 4. The van der Waals surface area contributed by atoms with Crippen LogP contribution >= 0.6 is 82.0 Å². The molecule has 632 valence electrons. The molecule has 0 atom stereocenters. The molecule has 0 saturated carbocycles. The maximum Gasteiger partial charge on any atom is 0.286 e. The molecule has 0 aliphatic carbocycles. The van der Waals surface area contributed by atoms with Gasteiger partial charge in [0.2, 0.25) is 0 Å². The first kappa shape index (κ1) is 90.6. The summed E-state index contributed by atoms with van der Waals surface area (Å²) in [6, 6.07) is 46.7. The van der Waals surface area contributed by atoms with Crippen molar-refractivity contribution in [1.82, 2.24) is 59.2 Å². The zero-order chi connectivity index (χ0) is 84.1. The lowest BCUT2D eigenvalue weighted by Gasteiger charge is -2.35. The Morgan fingerprint density at radius 3 is 0.917 bits per heavy atom. The first-order chi connectivity index (χ1) is 58.5. The molecule has 5 saturated heterocycles. The van der Waals surface area contributed by atoms with Crippen molar-refractivity contribution < 1.29 is 49.1 Å². The van der Waals surface area contributed by atoms with Crippen LogP contribution in [0.2, 0.25) is 10.2 Å². The number of aliphatic hydroxyl groups excluding tert-OH is 4. The number of rotatable bonds is 17. The third-order valence-electron chi connectivity index (χ3n) is 20.4. The quantitative estimate of drug-likeness (QED) is 0.0618. The van der Waals surface area contributed by atoms with Gasteiger partial charge in [-0.3, -0.25) is 48.5 Å². The Kier molecular flexibility index (Phi) is 35.1. The molecule has 6 aromatic rings. The van der Waals surface area contributed by atoms with Crippen molar-refractivity contribution in [3.05, 3.63) is 208 Å². The predicted molar refractivity (Wildman–Crippen MR) is 489 cm³/mol. The van der Waals surface area contributed by atoms with Gasteiger partial charge in [-0.2, -0.15) is 25.0 Å². The number of carbonyl (C=O) groups excluding carboxylic acids is 5. The summed E-state index contributed by atoms with van der Waals surface area (Å²) in [7, 11) is 1.63. The zero-order valence-electron chi connectivity index (χ0n) is 67.1. The van der Waals surface area contributed by atoms with Crippen molar-refractivity contribution >= 4 is 168 Å². The molecule has 34 heteroatoms. The van der Waals surface area contributed by atoms with E-state index in [0.29, 0.717) is 66.6 Å². The Morgan fingerprint density at radius 1 is 0.333 bits per heavy atom. The van der Waals surface area contributed by atoms with E-state index < -0.39 is 0 Å². The van der Waals surface area contributed by atoms with E-state index in [0.717, 1.165) is 197 Å². The monoisotopic (exact) mass is 1760 g/mol. The summed E-state index contributed by atoms with van der Waals surface area (Å²) in [5.41, 5.74) is 6.85. The molecular formula is C86H99Cl2N17O10S5. The molecule has 10 aliphatic rings. The molecule has 10 aliphatic heterocycles. The van der Waals surface area contributed by atoms with Gasteiger partial charge in [-0.25, -0.2) is 0 Å². The highest BCUT2D eigenvalue weighted by Crippen LogP contribution is 2.37. The van der Waals surface area contributed by atoms with E-state index >= 15 is 0 Å². The van der Waals surface area contributed by atoms with Gasteiger partial charge in [0, 0.05) is 162 Å². The van der Waals surface area contributed by atoms with Gasteiger partial charge in [0.05, 0.1) is 63.8 Å². The van der Waals surface area contributed by atoms with E-state index in [-0.39, 0.29) is 56.0 Å². The SMILES string of the molecule is CCCN1CCN(C2=NC(=O)/C(=C/c3ccc(Cl)nn3)S2)CC1.COc1ccc(/C=C2\SC(N3CCN(CCO)CC3)=NC2=O)cc1.O=C1N=C(N2CCN(CCO)CC2)S/C1=C\c1ccc(-c2ccccc2)cc1.O=C1N=C(N2CCN(CCO)CC2)S/C1=C\c1ccc(Cl)cc1.O=C1N=C(N2CCN(CCO)CC2)S/C1=C\c1ccccc1. The molecule has 16 rings (SSSR count). The number of amides is 5. The Labute approximate surface area is 731 Å². The fraction of sp³-hybridized carbons (Fsp3) is 0.372. The summed E-state index contributed by atoms with van der Waals surface area (Å²) in [6.07, 6.45) is 10.4. The minimum atomic E-state index is -0.210. The molecule has 5 fully saturated rings. The Hall–Kier alpha value is -8.65. The molecule has 11 heterocycles. The molecule has 0 unspecified atom stereocenters. The number of piperazine rings is 5. The van der Waals surface area contributed by atoms with E-state index in [1.54, 1.807) is 37.5 Å². The van der Waals surface area contributed by atoms with Crippen molar-refractivity contribution in [2.45, 2.75) is 13.3 Å². The Morgan fingerprint density at radius 2 is 0.617 bits per heavy atom. The maximum atomic E-state index is 12.3. The molecule has 4 N–H and O–H groups in total. The zero-order valence-corrected chi connectivity index (χ0v) is 72.7. The standard InChI is InChI=1S/C22H23N3O2S.C17H21N3O3S.C16H18ClN3O2S.C16H19N3O2S.C15H18ClN5OS/c26-15-14-24-10-12-25(13-11-24)22-23-21(27)20(28-22)16-17-6-8-19(9-7-17)18-4-2-1-3-5-18;1-23-14-4-2-13(3-5-14)12-15-16(22)18-17(24-15)20-8-6-19(7-9-20)10-11-21;17-13-3-1-12(2-4-13)11-14-15(22)18-16(23-14)20-7-5-19(6-8-20)9-10-21;20-11-10-18-6-8-19(9-7-18)16-17-15(21)14(22-16)12-13-4-2-1-3-5-13;1-2-5-20-6-8-21(9-7-20)15-17-14(22)12(23-15)10-11-3-4-13(16)19-18-11/h1-9,16,26H,10-15H2;2-5,12,21H,6-11H2,1H3;1-4,11,21H,5-10H2;1-5,12,20H,6-11H2;3-4,10H,2,5-9H2,1H3/b20-16-;15-12-;14-11-;14-12-;12-10-. The number of carbonyl (C=O) groups is 5. The van der Waals surface area contributed by atoms with Gasteiger partial charge in [0.1, 0.15) is 5.75 Å². The van der Waals surface area contributed by atoms with Crippen molar-refractivity contribution in [2.24, 2.45) is 25.0 Å². The van der Waals surface area contributed by atoms with Crippen molar-refractivity contribution in [3.63, 3.8) is 0 Å². The third-order valence-corrected chi connectivity index (χ3v) is 26.1. The smallest absolute Gasteiger partial charge is 0.286 e. The first-order valence-electron chi connectivity index (χ1n) is 40.0. The number of benzene rings is 5. The molecule has 5 aromatic carbocycles. The molecule has 0 spiro atoms. The van der Waals surface area contributed by atoms with Crippen LogP contribution in [0.4, 0.5) is 0 Å². The third kappa shape index (κ3) is 26.9. The van der Waals surface area contributed by atoms with Crippen LogP contribution in [0.5, 0.6) is 5.75 Å². The first-order valence-corrected chi connectivity index (χ1v) is 44.9. The Bertz CT molecular complexity index is 4680. The highest BCUT2D eigenvalue weighted by Gasteiger charge is 2.34. The van der Waals surface area contributed by atoms with E-state index in [1.165, 1.54) is 70.8 Å². The van der Waals surface area contributed by atoms with Crippen LogP contribution in [0.15, 0.2) is 195 Å². The number of hydrogen-bond acceptors (Lipinski definition) is 27. The topological polar surface area (TPSA) is 295 Å². The van der Waals surface area contributed by atoms with Crippen molar-refractivity contribution in [1.29, 1.82) is 0 Å². The molecule has 0 bridgehead atoms. The van der Waals surface area contributed by atoms with Crippen molar-refractivity contribution in [3.8, 4) is 16.9 Å². The van der Waals surface area contributed by atoms with Crippen LogP contribution in [0.3, 0.4) is 0 Å². The van der Waals surface area contributed by atoms with Gasteiger partial charge in [0.15, 0.2) is 31.0 Å². The minimum absolute atomic E-state index is 0.151. The van der Waals surface area contributed by atoms with Crippen LogP contribution in [0, 0.1) is 0 Å². The summed E-state index contributed by atoms with van der Waals surface area (Å²) >= 11 is 18.8. The summed E-state index contributed by atoms with van der Waals surface area (Å²) in [6.45, 7) is 24.5. The second-order valence-electron chi connectivity index (χ2n) is 28.6. The fourth-order valence-electron chi connectivity index (χ4n) is 13.7. The number of halogens is 2. The fourth-order valence-corrected chi connectivity index (χ4v) is 18.8. The average molecular weight is 1760 g/mol. The minimum Gasteiger partial charge on any atom is -0.497 e. The van der Waals surface area contributed by atoms with Gasteiger partial charge in [-0.05, 0) is 172 Å². The molecule has 0 radical (unpaired) electrons. The lowest BCUT2D eigenvalue weighted by atomic mass is 10.0. The lowest BCUT2D eigenvalue weighted by molar-refractivity contribution is -0.114. The highest BCUT2D eigenvalue weighted by molar-refractivity contribution is 8.19. The van der Waals surface area contributed by atoms with E-state index in [9.17, 15) is 24.0 Å². The number of amidine groups is 5. The maximum absolute atomic E-state index is 12.3. The number of ether oxygens (including phenoxy) is 1. The number of nitrogens with zero attached hydrogens (tertiary/aromatic N) is 17. The number of methoxy groups -OCH3 is 1. The largest absolute Gasteiger partial charge is 0.497 e. The van der Waals surface area contributed by atoms with Gasteiger partial charge in [0.25, 0.3) is 29.5 Å². The van der Waals surface area contributed by atoms with E-state index in [4.69, 9.17) is 48.4 Å². The van der Waals surface area contributed by atoms with Crippen molar-refractivity contribution in [2.75, 3.05) is 197 Å². The average Bonchev–Trinajstić information content (AvgIpc) is 1.70. The number of aliphatic hydroxyl groups is 4. The normalized spacial score (nSPS) is 20.7. The number of aromatic nitrogens is 2. The molecule has 120 heavy (non-hydrogen) atoms. The van der Waals surface area contributed by atoms with E-state index in [1.807, 2.05) is 121 Å². The predicted octanol–water partition coefficient (Wildman–Crippen LogP) is 9.52. The van der Waals surface area contributed by atoms with Crippen LogP contribution < -0.4 is 4.74 Å². The Balaban J connectivity index is 0.000000138. The van der Waals surface area contributed by atoms with Crippen LogP contribution in [0.1, 0.15) is 41.3 Å². The summed E-state index contributed by atoms with van der Waals surface area (Å²) in [5, 5.41) is 48.7. The van der Waals surface area contributed by atoms with Gasteiger partial charge < -0.3 is 49.7 Å². The molecular weight excluding hydrogens is 1660 g/mol. The summed E-state index contributed by atoms with van der Waals surface area (Å²) in [4.78, 5) is 107. The van der Waals surface area contributed by atoms with Gasteiger partial charge in [-0.15, -0.1) is 10.2 Å².